The lowest BCUT2D eigenvalue weighted by Gasteiger charge is -2.39. The number of nitrogens with zero attached hydrogens (tertiary/aromatic N) is 1. The summed E-state index contributed by atoms with van der Waals surface area (Å²) >= 11 is 0. The fourth-order valence-corrected chi connectivity index (χ4v) is 2.77. The van der Waals surface area contributed by atoms with Crippen molar-refractivity contribution in [2.75, 3.05) is 53.6 Å². The summed E-state index contributed by atoms with van der Waals surface area (Å²) in [4.78, 5) is 14.5. The number of likely N-dealkylation sites (tertiary alicyclic amines) is 1. The monoisotopic (exact) mass is 301 g/mol. The second-order valence-electron chi connectivity index (χ2n) is 5.54. The van der Waals surface area contributed by atoms with Crippen molar-refractivity contribution in [1.29, 1.82) is 0 Å². The van der Waals surface area contributed by atoms with Crippen molar-refractivity contribution in [2.45, 2.75) is 38.3 Å². The van der Waals surface area contributed by atoms with Gasteiger partial charge in [0.25, 0.3) is 0 Å². The lowest BCUT2D eigenvalue weighted by Crippen LogP contribution is -2.54. The van der Waals surface area contributed by atoms with Crippen LogP contribution in [0.2, 0.25) is 0 Å². The van der Waals surface area contributed by atoms with Crippen molar-refractivity contribution in [3.8, 4) is 0 Å². The molecule has 124 valence electrons. The normalized spacial score (nSPS) is 21.2. The summed E-state index contributed by atoms with van der Waals surface area (Å²) in [7, 11) is 3.35. The molecule has 1 heterocycles. The van der Waals surface area contributed by atoms with Gasteiger partial charge < -0.3 is 20.1 Å². The summed E-state index contributed by atoms with van der Waals surface area (Å²) in [6, 6.07) is 0.343. The molecule has 0 saturated carbocycles. The number of hydrogen-bond acceptors (Lipinski definition) is 5. The van der Waals surface area contributed by atoms with Crippen LogP contribution in [0.5, 0.6) is 0 Å². The smallest absolute Gasteiger partial charge is 0.237 e. The summed E-state index contributed by atoms with van der Waals surface area (Å²) in [5.41, 5.74) is 0. The lowest BCUT2D eigenvalue weighted by atomic mass is 9.99. The van der Waals surface area contributed by atoms with Gasteiger partial charge in [-0.25, -0.2) is 0 Å². The standard InChI is InChI=1S/C15H31N3O3/c1-13(15(19)17-8-11-21-3)18-9-5-4-6-14(18)12-16-7-10-20-2/h13-14,16H,4-12H2,1-3H3,(H,17,19). The van der Waals surface area contributed by atoms with Crippen molar-refractivity contribution in [2.24, 2.45) is 0 Å². The van der Waals surface area contributed by atoms with Gasteiger partial charge in [0.15, 0.2) is 0 Å². The average molecular weight is 301 g/mol. The molecule has 0 aliphatic carbocycles. The molecule has 0 spiro atoms. The van der Waals surface area contributed by atoms with Gasteiger partial charge in [-0.3, -0.25) is 9.69 Å². The predicted octanol–water partition coefficient (Wildman–Crippen LogP) is 0.228. The van der Waals surface area contributed by atoms with E-state index in [4.69, 9.17) is 9.47 Å². The van der Waals surface area contributed by atoms with Gasteiger partial charge >= 0.3 is 0 Å². The molecular formula is C15H31N3O3. The minimum absolute atomic E-state index is 0.0867. The van der Waals surface area contributed by atoms with Gasteiger partial charge in [0.05, 0.1) is 19.3 Å². The highest BCUT2D eigenvalue weighted by Gasteiger charge is 2.29. The van der Waals surface area contributed by atoms with E-state index in [-0.39, 0.29) is 11.9 Å². The first-order valence-corrected chi connectivity index (χ1v) is 7.92. The molecule has 2 atom stereocenters. The molecule has 0 aromatic carbocycles. The van der Waals surface area contributed by atoms with E-state index in [1.807, 2.05) is 6.92 Å². The molecule has 1 amide bonds. The highest BCUT2D eigenvalue weighted by molar-refractivity contribution is 5.81. The Bertz CT molecular complexity index is 289. The first-order valence-electron chi connectivity index (χ1n) is 7.92. The van der Waals surface area contributed by atoms with Crippen LogP contribution in [0.15, 0.2) is 0 Å². The predicted molar refractivity (Wildman–Crippen MR) is 83.4 cm³/mol. The third-order valence-corrected chi connectivity index (χ3v) is 4.02. The molecule has 1 aliphatic rings. The summed E-state index contributed by atoms with van der Waals surface area (Å²) in [6.45, 7) is 6.61. The number of amides is 1. The van der Waals surface area contributed by atoms with E-state index in [1.54, 1.807) is 14.2 Å². The maximum Gasteiger partial charge on any atom is 0.237 e. The quantitative estimate of drug-likeness (QED) is 0.566. The molecule has 1 aliphatic heterocycles. The molecule has 21 heavy (non-hydrogen) atoms. The van der Waals surface area contributed by atoms with Crippen LogP contribution >= 0.6 is 0 Å². The molecule has 6 heteroatoms. The SMILES string of the molecule is COCCNCC1CCCCN1C(C)C(=O)NCCOC. The van der Waals surface area contributed by atoms with Gasteiger partial charge in [0, 0.05) is 39.9 Å². The van der Waals surface area contributed by atoms with Crippen LogP contribution in [0.1, 0.15) is 26.2 Å². The highest BCUT2D eigenvalue weighted by atomic mass is 16.5. The van der Waals surface area contributed by atoms with Gasteiger partial charge in [0.1, 0.15) is 0 Å². The van der Waals surface area contributed by atoms with E-state index < -0.39 is 0 Å². The zero-order valence-corrected chi connectivity index (χ0v) is 13.7. The second-order valence-corrected chi connectivity index (χ2v) is 5.54. The Balaban J connectivity index is 2.41. The number of methoxy groups -OCH3 is 2. The van der Waals surface area contributed by atoms with Crippen molar-refractivity contribution in [3.63, 3.8) is 0 Å². The van der Waals surface area contributed by atoms with E-state index in [1.165, 1.54) is 12.8 Å². The van der Waals surface area contributed by atoms with Gasteiger partial charge in [-0.1, -0.05) is 6.42 Å². The number of carbonyl (C=O) groups excluding carboxylic acids is 1. The average Bonchev–Trinajstić information content (AvgIpc) is 2.51. The summed E-state index contributed by atoms with van der Waals surface area (Å²) < 4.78 is 10.0. The molecule has 1 fully saturated rings. The Kier molecular flexibility index (Phi) is 9.58. The minimum atomic E-state index is -0.0867. The molecule has 0 radical (unpaired) electrons. The Morgan fingerprint density at radius 2 is 1.95 bits per heavy atom. The van der Waals surface area contributed by atoms with Gasteiger partial charge in [0.2, 0.25) is 5.91 Å². The Labute approximate surface area is 128 Å². The maximum absolute atomic E-state index is 12.2. The van der Waals surface area contributed by atoms with Gasteiger partial charge in [-0.15, -0.1) is 0 Å². The van der Waals surface area contributed by atoms with Crippen LogP contribution < -0.4 is 10.6 Å². The molecule has 1 saturated heterocycles. The van der Waals surface area contributed by atoms with Crippen LogP contribution in [0.4, 0.5) is 0 Å². The number of piperidine rings is 1. The minimum Gasteiger partial charge on any atom is -0.383 e. The number of rotatable bonds is 10. The summed E-state index contributed by atoms with van der Waals surface area (Å²) in [5.74, 6) is 0.0934. The fourth-order valence-electron chi connectivity index (χ4n) is 2.77. The lowest BCUT2D eigenvalue weighted by molar-refractivity contribution is -0.127. The molecular weight excluding hydrogens is 270 g/mol. The first kappa shape index (κ1) is 18.4. The highest BCUT2D eigenvalue weighted by Crippen LogP contribution is 2.19. The van der Waals surface area contributed by atoms with Gasteiger partial charge in [-0.05, 0) is 26.3 Å². The molecule has 0 aromatic heterocycles. The van der Waals surface area contributed by atoms with E-state index in [0.29, 0.717) is 19.2 Å². The second kappa shape index (κ2) is 11.0. The summed E-state index contributed by atoms with van der Waals surface area (Å²) in [5, 5.41) is 6.35. The largest absolute Gasteiger partial charge is 0.383 e. The third kappa shape index (κ3) is 6.74. The van der Waals surface area contributed by atoms with E-state index >= 15 is 0 Å². The first-order chi connectivity index (χ1) is 10.2. The van der Waals surface area contributed by atoms with Crippen LogP contribution in [-0.2, 0) is 14.3 Å². The van der Waals surface area contributed by atoms with Crippen LogP contribution in [0, 0.1) is 0 Å². The summed E-state index contributed by atoms with van der Waals surface area (Å²) in [6.07, 6.45) is 3.56. The Morgan fingerprint density at radius 1 is 1.24 bits per heavy atom. The maximum atomic E-state index is 12.2. The zero-order chi connectivity index (χ0) is 15.5. The van der Waals surface area contributed by atoms with Crippen molar-refractivity contribution in [3.05, 3.63) is 0 Å². The Hall–Kier alpha value is -0.690. The molecule has 6 nitrogen and oxygen atoms in total. The van der Waals surface area contributed by atoms with E-state index in [0.717, 1.165) is 32.7 Å². The topological polar surface area (TPSA) is 62.8 Å². The Morgan fingerprint density at radius 3 is 2.67 bits per heavy atom. The molecule has 2 unspecified atom stereocenters. The fraction of sp³-hybridized carbons (Fsp3) is 0.933. The molecule has 0 bridgehead atoms. The number of carbonyl (C=O) groups is 1. The van der Waals surface area contributed by atoms with Crippen LogP contribution in [0.25, 0.3) is 0 Å². The van der Waals surface area contributed by atoms with Crippen LogP contribution in [-0.4, -0.2) is 76.5 Å². The third-order valence-electron chi connectivity index (χ3n) is 4.02. The number of ether oxygens (including phenoxy) is 2. The number of nitrogens with one attached hydrogen (secondary N) is 2. The van der Waals surface area contributed by atoms with E-state index in [2.05, 4.69) is 15.5 Å². The number of hydrogen-bond donors (Lipinski definition) is 2. The van der Waals surface area contributed by atoms with Crippen LogP contribution in [0.3, 0.4) is 0 Å². The van der Waals surface area contributed by atoms with Crippen molar-refractivity contribution < 1.29 is 14.3 Å². The van der Waals surface area contributed by atoms with Gasteiger partial charge in [-0.2, -0.15) is 0 Å². The zero-order valence-electron chi connectivity index (χ0n) is 13.7. The van der Waals surface area contributed by atoms with Crippen molar-refractivity contribution in [1.82, 2.24) is 15.5 Å². The van der Waals surface area contributed by atoms with Crippen molar-refractivity contribution >= 4 is 5.91 Å². The molecule has 0 aromatic rings. The van der Waals surface area contributed by atoms with E-state index in [9.17, 15) is 4.79 Å². The molecule has 2 N–H and O–H groups in total. The molecule has 1 rings (SSSR count).